The molecular formula is C23H30ClNO3. The Morgan fingerprint density at radius 2 is 1.64 bits per heavy atom. The fourth-order valence-electron chi connectivity index (χ4n) is 3.45. The maximum absolute atomic E-state index is 12.2. The maximum Gasteiger partial charge on any atom is 0.332 e. The van der Waals surface area contributed by atoms with Crippen LogP contribution in [-0.4, -0.2) is 43.7 Å². The molecule has 1 aliphatic heterocycles. The van der Waals surface area contributed by atoms with E-state index < -0.39 is 0 Å². The van der Waals surface area contributed by atoms with Gasteiger partial charge in [-0.25, -0.2) is 4.79 Å². The molecule has 0 aliphatic carbocycles. The van der Waals surface area contributed by atoms with Crippen molar-refractivity contribution in [3.8, 4) is 0 Å². The fourth-order valence-corrected chi connectivity index (χ4v) is 3.45. The van der Waals surface area contributed by atoms with E-state index in [0.29, 0.717) is 0 Å². The molecule has 0 bridgehead atoms. The lowest BCUT2D eigenvalue weighted by molar-refractivity contribution is -0.158. The first-order chi connectivity index (χ1) is 13.2. The van der Waals surface area contributed by atoms with Crippen molar-refractivity contribution >= 4 is 18.4 Å². The summed E-state index contributed by atoms with van der Waals surface area (Å²) >= 11 is 0. The SMILES string of the molecule is CN1CCC(OC(=O)COC(CCc2ccccc2)c2ccccc2)CC1.Cl. The van der Waals surface area contributed by atoms with Gasteiger partial charge in [-0.1, -0.05) is 60.7 Å². The number of hydrogen-bond donors (Lipinski definition) is 0. The Morgan fingerprint density at radius 1 is 1.04 bits per heavy atom. The van der Waals surface area contributed by atoms with Crippen LogP contribution in [0.2, 0.25) is 0 Å². The summed E-state index contributed by atoms with van der Waals surface area (Å²) in [7, 11) is 2.10. The topological polar surface area (TPSA) is 38.8 Å². The van der Waals surface area contributed by atoms with Crippen LogP contribution in [0.25, 0.3) is 0 Å². The second-order valence-corrected chi connectivity index (χ2v) is 7.23. The standard InChI is InChI=1S/C23H29NO3.ClH/c1-24-16-14-21(15-17-24)27-23(25)18-26-22(20-10-6-3-7-11-20)13-12-19-8-4-2-5-9-19;/h2-11,21-22H,12-18H2,1H3;1H. The van der Waals surface area contributed by atoms with Gasteiger partial charge in [-0.05, 0) is 43.9 Å². The summed E-state index contributed by atoms with van der Waals surface area (Å²) < 4.78 is 11.6. The monoisotopic (exact) mass is 403 g/mol. The van der Waals surface area contributed by atoms with Crippen molar-refractivity contribution < 1.29 is 14.3 Å². The number of ether oxygens (including phenoxy) is 2. The number of benzene rings is 2. The minimum atomic E-state index is -0.259. The number of halogens is 1. The summed E-state index contributed by atoms with van der Waals surface area (Å²) in [5.41, 5.74) is 2.37. The van der Waals surface area contributed by atoms with Gasteiger partial charge < -0.3 is 14.4 Å². The molecule has 1 unspecified atom stereocenters. The van der Waals surface area contributed by atoms with Crippen LogP contribution in [0.4, 0.5) is 0 Å². The van der Waals surface area contributed by atoms with Crippen LogP contribution in [0.1, 0.15) is 36.5 Å². The molecule has 0 N–H and O–H groups in total. The predicted octanol–water partition coefficient (Wildman–Crippen LogP) is 4.44. The van der Waals surface area contributed by atoms with Crippen molar-refractivity contribution in [2.45, 2.75) is 37.9 Å². The van der Waals surface area contributed by atoms with Gasteiger partial charge in [0.25, 0.3) is 0 Å². The quantitative estimate of drug-likeness (QED) is 0.611. The zero-order valence-electron chi connectivity index (χ0n) is 16.5. The lowest BCUT2D eigenvalue weighted by atomic mass is 10.0. The normalized spacial score (nSPS) is 16.2. The molecule has 0 aromatic heterocycles. The summed E-state index contributed by atoms with van der Waals surface area (Å²) in [6.45, 7) is 1.95. The molecule has 2 aromatic carbocycles. The second kappa shape index (κ2) is 11.8. The van der Waals surface area contributed by atoms with E-state index in [2.05, 4.69) is 36.2 Å². The third-order valence-corrected chi connectivity index (χ3v) is 5.08. The summed E-state index contributed by atoms with van der Waals surface area (Å²) in [4.78, 5) is 14.5. The number of carbonyl (C=O) groups is 1. The summed E-state index contributed by atoms with van der Waals surface area (Å²) in [6, 6.07) is 20.5. The molecule has 2 aromatic rings. The van der Waals surface area contributed by atoms with Gasteiger partial charge >= 0.3 is 5.97 Å². The van der Waals surface area contributed by atoms with Crippen LogP contribution >= 0.6 is 12.4 Å². The van der Waals surface area contributed by atoms with Crippen LogP contribution in [0.15, 0.2) is 60.7 Å². The number of piperidine rings is 1. The molecule has 5 heteroatoms. The second-order valence-electron chi connectivity index (χ2n) is 7.23. The molecule has 1 heterocycles. The Morgan fingerprint density at radius 3 is 2.29 bits per heavy atom. The van der Waals surface area contributed by atoms with Crippen LogP contribution < -0.4 is 0 Å². The van der Waals surface area contributed by atoms with Gasteiger partial charge in [0, 0.05) is 13.1 Å². The average Bonchev–Trinajstić information content (AvgIpc) is 2.71. The first-order valence-electron chi connectivity index (χ1n) is 9.79. The van der Waals surface area contributed by atoms with Gasteiger partial charge in [-0.3, -0.25) is 0 Å². The Kier molecular flexibility index (Phi) is 9.48. The number of carbonyl (C=O) groups excluding carboxylic acids is 1. The van der Waals surface area contributed by atoms with E-state index in [1.807, 2.05) is 36.4 Å². The van der Waals surface area contributed by atoms with Gasteiger partial charge in [0.1, 0.15) is 12.7 Å². The Labute approximate surface area is 174 Å². The van der Waals surface area contributed by atoms with Crippen LogP contribution in [0.3, 0.4) is 0 Å². The smallest absolute Gasteiger partial charge is 0.332 e. The van der Waals surface area contributed by atoms with Crippen LogP contribution in [0.5, 0.6) is 0 Å². The van der Waals surface area contributed by atoms with E-state index in [-0.39, 0.29) is 37.2 Å². The third kappa shape index (κ3) is 7.27. The van der Waals surface area contributed by atoms with Crippen molar-refractivity contribution in [2.24, 2.45) is 0 Å². The molecule has 0 spiro atoms. The van der Waals surface area contributed by atoms with E-state index in [4.69, 9.17) is 9.47 Å². The van der Waals surface area contributed by atoms with Crippen molar-refractivity contribution in [3.63, 3.8) is 0 Å². The Balaban J connectivity index is 0.00000280. The van der Waals surface area contributed by atoms with Gasteiger partial charge in [-0.2, -0.15) is 0 Å². The van der Waals surface area contributed by atoms with Crippen molar-refractivity contribution in [1.82, 2.24) is 4.90 Å². The Hall–Kier alpha value is -1.88. The predicted molar refractivity (Wildman–Crippen MR) is 114 cm³/mol. The summed E-state index contributed by atoms with van der Waals surface area (Å²) in [5, 5.41) is 0. The maximum atomic E-state index is 12.2. The molecule has 0 radical (unpaired) electrons. The van der Waals surface area contributed by atoms with E-state index in [1.165, 1.54) is 5.56 Å². The highest BCUT2D eigenvalue weighted by atomic mass is 35.5. The minimum absolute atomic E-state index is 0. The molecule has 1 atom stereocenters. The van der Waals surface area contributed by atoms with E-state index in [9.17, 15) is 4.79 Å². The van der Waals surface area contributed by atoms with Crippen molar-refractivity contribution in [3.05, 3.63) is 71.8 Å². The molecule has 0 saturated carbocycles. The highest BCUT2D eigenvalue weighted by Crippen LogP contribution is 2.23. The summed E-state index contributed by atoms with van der Waals surface area (Å²) in [5.74, 6) is -0.259. The highest BCUT2D eigenvalue weighted by molar-refractivity contribution is 5.85. The number of aryl methyl sites for hydroxylation is 1. The van der Waals surface area contributed by atoms with E-state index in [0.717, 1.165) is 44.3 Å². The number of rotatable bonds is 8. The van der Waals surface area contributed by atoms with Crippen molar-refractivity contribution in [1.29, 1.82) is 0 Å². The lowest BCUT2D eigenvalue weighted by Crippen LogP contribution is -2.36. The van der Waals surface area contributed by atoms with Gasteiger partial charge in [-0.15, -0.1) is 12.4 Å². The number of likely N-dealkylation sites (tertiary alicyclic amines) is 1. The first-order valence-corrected chi connectivity index (χ1v) is 9.79. The molecule has 1 aliphatic rings. The largest absolute Gasteiger partial charge is 0.461 e. The molecular weight excluding hydrogens is 374 g/mol. The van der Waals surface area contributed by atoms with E-state index in [1.54, 1.807) is 0 Å². The minimum Gasteiger partial charge on any atom is -0.461 e. The van der Waals surface area contributed by atoms with Crippen LogP contribution in [-0.2, 0) is 20.7 Å². The molecule has 1 saturated heterocycles. The average molecular weight is 404 g/mol. The number of nitrogens with zero attached hydrogens (tertiary/aromatic N) is 1. The molecule has 152 valence electrons. The highest BCUT2D eigenvalue weighted by Gasteiger charge is 2.21. The van der Waals surface area contributed by atoms with Crippen molar-refractivity contribution in [2.75, 3.05) is 26.7 Å². The molecule has 3 rings (SSSR count). The lowest BCUT2D eigenvalue weighted by Gasteiger charge is -2.28. The zero-order chi connectivity index (χ0) is 18.9. The molecule has 28 heavy (non-hydrogen) atoms. The van der Waals surface area contributed by atoms with E-state index >= 15 is 0 Å². The number of hydrogen-bond acceptors (Lipinski definition) is 4. The van der Waals surface area contributed by atoms with Gasteiger partial charge in [0.2, 0.25) is 0 Å². The zero-order valence-corrected chi connectivity index (χ0v) is 17.3. The number of esters is 1. The molecule has 1 fully saturated rings. The van der Waals surface area contributed by atoms with Gasteiger partial charge in [0.05, 0.1) is 6.10 Å². The first kappa shape index (κ1) is 22.4. The molecule has 4 nitrogen and oxygen atoms in total. The van der Waals surface area contributed by atoms with Crippen LogP contribution in [0, 0.1) is 0 Å². The third-order valence-electron chi connectivity index (χ3n) is 5.08. The fraction of sp³-hybridized carbons (Fsp3) is 0.435. The van der Waals surface area contributed by atoms with Gasteiger partial charge in [0.15, 0.2) is 0 Å². The summed E-state index contributed by atoms with van der Waals surface area (Å²) in [6.07, 6.45) is 3.45. The molecule has 0 amide bonds. The Bertz CT molecular complexity index is 688.